The number of hydrogen-bond donors (Lipinski definition) is 8. The van der Waals surface area contributed by atoms with Gasteiger partial charge < -0.3 is 69.3 Å². The van der Waals surface area contributed by atoms with Crippen LogP contribution in [0.1, 0.15) is 41.5 Å². The molecule has 0 aliphatic heterocycles. The van der Waals surface area contributed by atoms with E-state index >= 15 is 0 Å². The first-order chi connectivity index (χ1) is 26.0. The summed E-state index contributed by atoms with van der Waals surface area (Å²) >= 11 is 0. The van der Waals surface area contributed by atoms with Gasteiger partial charge in [0.25, 0.3) is 0 Å². The zero-order chi connectivity index (χ0) is 43.4. The second-order valence-corrected chi connectivity index (χ2v) is 17.6. The highest BCUT2D eigenvalue weighted by Gasteiger charge is 2.45. The number of aliphatic hydroxyl groups is 8. The van der Waals surface area contributed by atoms with Crippen LogP contribution in [0.3, 0.4) is 0 Å². The molecule has 0 rings (SSSR count). The number of carbonyl (C=O) groups excluding carboxylic acids is 6. The van der Waals surface area contributed by atoms with E-state index in [4.69, 9.17) is 28.4 Å². The lowest BCUT2D eigenvalue weighted by Crippen LogP contribution is -2.45. The SMILES string of the molecule is CC(CO)(CO)C(=O)OCC(C)(COC(=O)C(C)(CO)CO)C(=O)OCCSSCCOC(=O)C(C)(COC(=O)C(C)(CO)CO)COC(=O)C(C)(CO)CO. The first-order valence-electron chi connectivity index (χ1n) is 17.2. The number of rotatable bonds is 29. The van der Waals surface area contributed by atoms with Crippen LogP contribution in [0.25, 0.3) is 0 Å². The number of carbonyl (C=O) groups is 6. The lowest BCUT2D eigenvalue weighted by molar-refractivity contribution is -0.181. The fourth-order valence-corrected chi connectivity index (χ4v) is 5.09. The Hall–Kier alpha value is -2.80. The third-order valence-corrected chi connectivity index (χ3v) is 11.1. The quantitative estimate of drug-likeness (QED) is 0.0168. The second-order valence-electron chi connectivity index (χ2n) is 14.8. The van der Waals surface area contributed by atoms with Crippen LogP contribution in [0.4, 0.5) is 0 Å². The topological polar surface area (TPSA) is 320 Å². The molecule has 326 valence electrons. The van der Waals surface area contributed by atoms with Crippen LogP contribution in [0.2, 0.25) is 0 Å². The molecule has 0 aromatic heterocycles. The van der Waals surface area contributed by atoms with E-state index in [9.17, 15) is 69.6 Å². The molecular formula is C34H58O20S2. The summed E-state index contributed by atoms with van der Waals surface area (Å²) in [4.78, 5) is 76.4. The van der Waals surface area contributed by atoms with Crippen LogP contribution < -0.4 is 0 Å². The van der Waals surface area contributed by atoms with Gasteiger partial charge in [0.2, 0.25) is 0 Å². The first kappa shape index (κ1) is 53.2. The fourth-order valence-electron chi connectivity index (χ4n) is 3.43. The van der Waals surface area contributed by atoms with Crippen molar-refractivity contribution in [2.45, 2.75) is 41.5 Å². The van der Waals surface area contributed by atoms with Crippen molar-refractivity contribution in [1.82, 2.24) is 0 Å². The minimum absolute atomic E-state index is 0.187. The van der Waals surface area contributed by atoms with Crippen LogP contribution in [-0.4, -0.2) is 181 Å². The number of hydrogen-bond acceptors (Lipinski definition) is 22. The van der Waals surface area contributed by atoms with E-state index in [0.29, 0.717) is 0 Å². The molecular weight excluding hydrogens is 792 g/mol. The Morgan fingerprint density at radius 1 is 0.339 bits per heavy atom. The van der Waals surface area contributed by atoms with E-state index in [1.807, 2.05) is 0 Å². The zero-order valence-corrected chi connectivity index (χ0v) is 34.2. The van der Waals surface area contributed by atoms with Gasteiger partial charge >= 0.3 is 35.8 Å². The largest absolute Gasteiger partial charge is 0.464 e. The van der Waals surface area contributed by atoms with Crippen molar-refractivity contribution in [2.24, 2.45) is 32.5 Å². The summed E-state index contributed by atoms with van der Waals surface area (Å²) in [6.07, 6.45) is 0. The molecule has 56 heavy (non-hydrogen) atoms. The van der Waals surface area contributed by atoms with Crippen molar-refractivity contribution < 1.29 is 98.0 Å². The van der Waals surface area contributed by atoms with Gasteiger partial charge in [-0.3, -0.25) is 28.8 Å². The van der Waals surface area contributed by atoms with Crippen LogP contribution in [-0.2, 0) is 57.2 Å². The van der Waals surface area contributed by atoms with E-state index in [0.717, 1.165) is 0 Å². The highest BCUT2D eigenvalue weighted by atomic mass is 33.1. The average molecular weight is 851 g/mol. The van der Waals surface area contributed by atoms with Crippen molar-refractivity contribution >= 4 is 57.4 Å². The van der Waals surface area contributed by atoms with Crippen LogP contribution in [0.15, 0.2) is 0 Å². The molecule has 0 aliphatic carbocycles. The molecule has 0 heterocycles. The summed E-state index contributed by atoms with van der Waals surface area (Å²) in [7, 11) is 2.39. The Balaban J connectivity index is 5.40. The zero-order valence-electron chi connectivity index (χ0n) is 32.6. The van der Waals surface area contributed by atoms with Gasteiger partial charge in [0.15, 0.2) is 0 Å². The molecule has 8 N–H and O–H groups in total. The van der Waals surface area contributed by atoms with E-state index in [1.165, 1.54) is 63.1 Å². The van der Waals surface area contributed by atoms with Gasteiger partial charge in [-0.25, -0.2) is 0 Å². The molecule has 0 unspecified atom stereocenters. The Morgan fingerprint density at radius 2 is 0.518 bits per heavy atom. The van der Waals surface area contributed by atoms with Crippen LogP contribution >= 0.6 is 21.6 Å². The fraction of sp³-hybridized carbons (Fsp3) is 0.824. The minimum Gasteiger partial charge on any atom is -0.464 e. The Kier molecular flexibility index (Phi) is 23.0. The molecule has 20 nitrogen and oxygen atoms in total. The summed E-state index contributed by atoms with van der Waals surface area (Å²) in [5, 5.41) is 76.0. The maximum absolute atomic E-state index is 13.2. The summed E-state index contributed by atoms with van der Waals surface area (Å²) in [6.45, 7) is -1.89. The summed E-state index contributed by atoms with van der Waals surface area (Å²) in [5.41, 5.74) is -10.4. The molecule has 0 bridgehead atoms. The van der Waals surface area contributed by atoms with Gasteiger partial charge in [-0.1, -0.05) is 21.6 Å². The number of aliphatic hydroxyl groups excluding tert-OH is 8. The molecule has 0 aliphatic rings. The third-order valence-electron chi connectivity index (χ3n) is 8.72. The standard InChI is InChI=1S/C34H58O20S2/c1-29(11-35,12-36)23(43)51-19-33(5,20-52-24(44)30(2,13-37)14-38)27(47)49-7-9-55-56-10-8-50-28(48)34(6,21-53-25(45)31(3,15-39)16-40)22-54-26(46)32(4,17-41)18-42/h35-42H,7-22H2,1-6H3. The normalized spacial score (nSPS) is 12.8. The second kappa shape index (κ2) is 24.2. The Labute approximate surface area is 332 Å². The van der Waals surface area contributed by atoms with Crippen molar-refractivity contribution in [3.05, 3.63) is 0 Å². The Bertz CT molecular complexity index is 1110. The molecule has 0 radical (unpaired) electrons. The third kappa shape index (κ3) is 15.2. The number of esters is 6. The smallest absolute Gasteiger partial charge is 0.318 e. The van der Waals surface area contributed by atoms with Gasteiger partial charge in [0, 0.05) is 11.5 Å². The van der Waals surface area contributed by atoms with Gasteiger partial charge in [-0.2, -0.15) is 0 Å². The monoisotopic (exact) mass is 850 g/mol. The van der Waals surface area contributed by atoms with E-state index in [2.05, 4.69) is 0 Å². The molecule has 0 aromatic rings. The first-order valence-corrected chi connectivity index (χ1v) is 19.7. The van der Waals surface area contributed by atoms with Crippen molar-refractivity contribution in [1.29, 1.82) is 0 Å². The summed E-state index contributed by atoms with van der Waals surface area (Å²) in [6, 6.07) is 0. The van der Waals surface area contributed by atoms with E-state index in [1.54, 1.807) is 0 Å². The highest BCUT2D eigenvalue weighted by molar-refractivity contribution is 8.76. The van der Waals surface area contributed by atoms with Crippen LogP contribution in [0.5, 0.6) is 0 Å². The predicted octanol–water partition coefficient (Wildman–Crippen LogP) is -2.40. The van der Waals surface area contributed by atoms with Crippen LogP contribution in [0, 0.1) is 32.5 Å². The van der Waals surface area contributed by atoms with Gasteiger partial charge in [-0.05, 0) is 41.5 Å². The maximum Gasteiger partial charge on any atom is 0.318 e. The van der Waals surface area contributed by atoms with Gasteiger partial charge in [0.1, 0.15) is 72.1 Å². The maximum atomic E-state index is 13.2. The highest BCUT2D eigenvalue weighted by Crippen LogP contribution is 2.29. The molecule has 0 fully saturated rings. The van der Waals surface area contributed by atoms with Crippen molar-refractivity contribution in [3.8, 4) is 0 Å². The van der Waals surface area contributed by atoms with E-state index in [-0.39, 0.29) is 24.7 Å². The minimum atomic E-state index is -1.80. The molecule has 0 amide bonds. The molecule has 0 saturated carbocycles. The molecule has 0 atom stereocenters. The molecule has 0 aromatic carbocycles. The molecule has 22 heteroatoms. The summed E-state index contributed by atoms with van der Waals surface area (Å²) in [5.74, 6) is -5.72. The average Bonchev–Trinajstić information content (AvgIpc) is 3.21. The van der Waals surface area contributed by atoms with Crippen molar-refractivity contribution in [2.75, 3.05) is 104 Å². The predicted molar refractivity (Wildman–Crippen MR) is 196 cm³/mol. The number of ether oxygens (including phenoxy) is 6. The lowest BCUT2D eigenvalue weighted by Gasteiger charge is -2.30. The van der Waals surface area contributed by atoms with Crippen molar-refractivity contribution in [3.63, 3.8) is 0 Å². The molecule has 0 spiro atoms. The van der Waals surface area contributed by atoms with Gasteiger partial charge in [0.05, 0.1) is 52.9 Å². The van der Waals surface area contributed by atoms with E-state index < -0.39 is 148 Å². The summed E-state index contributed by atoms with van der Waals surface area (Å²) < 4.78 is 31.4. The molecule has 0 saturated heterocycles. The Morgan fingerprint density at radius 3 is 0.696 bits per heavy atom. The van der Waals surface area contributed by atoms with Gasteiger partial charge in [-0.15, -0.1) is 0 Å². The lowest BCUT2D eigenvalue weighted by atomic mass is 9.90.